The molecular formula is C14H7BrClN3O2. The number of aromatic amines is 1. The Bertz CT molecular complexity index is 862. The van der Waals surface area contributed by atoms with E-state index in [1.54, 1.807) is 30.6 Å². The van der Waals surface area contributed by atoms with E-state index in [0.717, 1.165) is 0 Å². The quantitative estimate of drug-likeness (QED) is 0.439. The number of nitrogens with zero attached hydrogens (tertiary/aromatic N) is 2. The second-order valence-electron chi connectivity index (χ2n) is 4.24. The highest BCUT2D eigenvalue weighted by Gasteiger charge is 2.21. The first-order chi connectivity index (χ1) is 10.1. The molecule has 21 heavy (non-hydrogen) atoms. The van der Waals surface area contributed by atoms with Crippen LogP contribution in [0.1, 0.15) is 10.5 Å². The van der Waals surface area contributed by atoms with Gasteiger partial charge in [-0.15, -0.1) is 0 Å². The van der Waals surface area contributed by atoms with Crippen LogP contribution in [-0.2, 0) is 4.79 Å². The van der Waals surface area contributed by atoms with Crippen molar-refractivity contribution in [3.63, 3.8) is 0 Å². The van der Waals surface area contributed by atoms with Crippen molar-refractivity contribution in [1.82, 2.24) is 15.0 Å². The number of aldehydes is 1. The number of Topliss-reactive ketones (excluding diaryl/α,β-unsaturated/α-hetero) is 1. The molecule has 0 saturated carbocycles. The Labute approximate surface area is 132 Å². The number of ketones is 1. The highest BCUT2D eigenvalue weighted by molar-refractivity contribution is 9.10. The number of hydrogen-bond donors (Lipinski definition) is 1. The predicted molar refractivity (Wildman–Crippen MR) is 82.4 cm³/mol. The third-order valence-corrected chi connectivity index (χ3v) is 4.18. The average molecular weight is 365 g/mol. The molecular weight excluding hydrogens is 358 g/mol. The first-order valence-electron chi connectivity index (χ1n) is 5.89. The van der Waals surface area contributed by atoms with Crippen LogP contribution in [0.4, 0.5) is 0 Å². The monoisotopic (exact) mass is 363 g/mol. The molecule has 5 nitrogen and oxygen atoms in total. The Balaban J connectivity index is 2.40. The van der Waals surface area contributed by atoms with E-state index in [4.69, 9.17) is 11.6 Å². The van der Waals surface area contributed by atoms with Crippen molar-refractivity contribution in [3.8, 4) is 11.4 Å². The van der Waals surface area contributed by atoms with Crippen molar-refractivity contribution < 1.29 is 9.59 Å². The molecule has 104 valence electrons. The summed E-state index contributed by atoms with van der Waals surface area (Å²) in [5.74, 6) is -0.312. The van der Waals surface area contributed by atoms with Gasteiger partial charge in [-0.2, -0.15) is 0 Å². The summed E-state index contributed by atoms with van der Waals surface area (Å²) in [6.45, 7) is 0. The first-order valence-corrected chi connectivity index (χ1v) is 7.06. The van der Waals surface area contributed by atoms with Gasteiger partial charge in [0, 0.05) is 27.8 Å². The summed E-state index contributed by atoms with van der Waals surface area (Å²) in [4.78, 5) is 33.9. The third kappa shape index (κ3) is 2.36. The molecule has 0 fully saturated rings. The van der Waals surface area contributed by atoms with Gasteiger partial charge in [-0.05, 0) is 34.1 Å². The van der Waals surface area contributed by atoms with Crippen LogP contribution in [0.3, 0.4) is 0 Å². The molecule has 0 spiro atoms. The van der Waals surface area contributed by atoms with Gasteiger partial charge < -0.3 is 4.98 Å². The van der Waals surface area contributed by atoms with E-state index in [1.165, 1.54) is 0 Å². The fourth-order valence-corrected chi connectivity index (χ4v) is 2.60. The van der Waals surface area contributed by atoms with Crippen LogP contribution in [0.2, 0.25) is 5.02 Å². The van der Waals surface area contributed by atoms with E-state index in [2.05, 4.69) is 30.9 Å². The molecule has 2 heterocycles. The Morgan fingerprint density at radius 1 is 1.29 bits per heavy atom. The Morgan fingerprint density at radius 2 is 2.00 bits per heavy atom. The minimum Gasteiger partial charge on any atom is -0.351 e. The molecule has 1 N–H and O–H groups in total. The van der Waals surface area contributed by atoms with E-state index in [0.29, 0.717) is 31.8 Å². The summed E-state index contributed by atoms with van der Waals surface area (Å²) in [7, 11) is 0. The van der Waals surface area contributed by atoms with Gasteiger partial charge >= 0.3 is 0 Å². The number of H-pyrrole nitrogens is 1. The van der Waals surface area contributed by atoms with Gasteiger partial charge in [-0.25, -0.2) is 9.97 Å². The van der Waals surface area contributed by atoms with Gasteiger partial charge in [0.15, 0.2) is 12.1 Å². The maximum atomic E-state index is 11.8. The lowest BCUT2D eigenvalue weighted by atomic mass is 10.1. The van der Waals surface area contributed by atoms with E-state index < -0.39 is 5.78 Å². The molecule has 0 aliphatic rings. The molecule has 0 amide bonds. The maximum Gasteiger partial charge on any atom is 0.242 e. The minimum absolute atomic E-state index is 0.153. The molecule has 2 aromatic heterocycles. The summed E-state index contributed by atoms with van der Waals surface area (Å²) in [5, 5.41) is 1.17. The molecule has 0 atom stereocenters. The summed E-state index contributed by atoms with van der Waals surface area (Å²) in [6, 6.07) is 5.11. The number of nitrogens with one attached hydrogen (secondary N) is 1. The smallest absolute Gasteiger partial charge is 0.242 e. The number of aromatic nitrogens is 3. The molecule has 0 radical (unpaired) electrons. The van der Waals surface area contributed by atoms with Gasteiger partial charge in [-0.3, -0.25) is 9.59 Å². The van der Waals surface area contributed by atoms with Gasteiger partial charge in [0.05, 0.1) is 10.6 Å². The number of hydrogen-bond acceptors (Lipinski definition) is 4. The highest BCUT2D eigenvalue weighted by atomic mass is 79.9. The zero-order valence-electron chi connectivity index (χ0n) is 10.4. The number of halogens is 2. The van der Waals surface area contributed by atoms with Crippen LogP contribution in [0.15, 0.2) is 35.1 Å². The van der Waals surface area contributed by atoms with Crippen molar-refractivity contribution in [2.24, 2.45) is 0 Å². The summed E-state index contributed by atoms with van der Waals surface area (Å²) in [6.07, 6.45) is 3.39. The predicted octanol–water partition coefficient (Wildman–Crippen LogP) is 3.42. The van der Waals surface area contributed by atoms with Crippen LogP contribution in [0.25, 0.3) is 22.3 Å². The first kappa shape index (κ1) is 13.9. The molecule has 7 heteroatoms. The molecule has 3 aromatic rings. The zero-order chi connectivity index (χ0) is 15.0. The number of benzene rings is 1. The van der Waals surface area contributed by atoms with Gasteiger partial charge in [-0.1, -0.05) is 11.6 Å². The van der Waals surface area contributed by atoms with Gasteiger partial charge in [0.25, 0.3) is 0 Å². The summed E-state index contributed by atoms with van der Waals surface area (Å²) in [5.41, 5.74) is 1.29. The minimum atomic E-state index is -0.666. The van der Waals surface area contributed by atoms with E-state index >= 15 is 0 Å². The average Bonchev–Trinajstić information content (AvgIpc) is 2.86. The Morgan fingerprint density at radius 3 is 2.67 bits per heavy atom. The lowest BCUT2D eigenvalue weighted by Crippen LogP contribution is -2.03. The third-order valence-electron chi connectivity index (χ3n) is 2.98. The van der Waals surface area contributed by atoms with Crippen LogP contribution < -0.4 is 0 Å². The maximum absolute atomic E-state index is 11.8. The van der Waals surface area contributed by atoms with E-state index in [-0.39, 0.29) is 12.0 Å². The summed E-state index contributed by atoms with van der Waals surface area (Å²) >= 11 is 9.44. The lowest BCUT2D eigenvalue weighted by molar-refractivity contribution is -0.104. The molecule has 0 saturated heterocycles. The fraction of sp³-hybridized carbons (Fsp3) is 0. The van der Waals surface area contributed by atoms with E-state index in [1.807, 2.05) is 0 Å². The molecule has 0 unspecified atom stereocenters. The highest BCUT2D eigenvalue weighted by Crippen LogP contribution is 2.35. The van der Waals surface area contributed by atoms with Crippen molar-refractivity contribution in [3.05, 3.63) is 45.8 Å². The number of fused-ring (bicyclic) bond motifs is 1. The normalized spacial score (nSPS) is 10.8. The van der Waals surface area contributed by atoms with Crippen molar-refractivity contribution >= 4 is 50.5 Å². The standard InChI is InChI=1S/C14H7BrClN3O2/c15-8-5-10-7(4-9(8)16)12(13(19-10)11(21)6-20)14-17-2-1-3-18-14/h1-6,19H. The topological polar surface area (TPSA) is 75.7 Å². The molecule has 0 bridgehead atoms. The lowest BCUT2D eigenvalue weighted by Gasteiger charge is -2.01. The molecule has 1 aromatic carbocycles. The molecule has 3 rings (SSSR count). The molecule has 0 aliphatic carbocycles. The van der Waals surface area contributed by atoms with Crippen molar-refractivity contribution in [2.45, 2.75) is 0 Å². The summed E-state index contributed by atoms with van der Waals surface area (Å²) < 4.78 is 0.684. The van der Waals surface area contributed by atoms with Crippen molar-refractivity contribution in [1.29, 1.82) is 0 Å². The van der Waals surface area contributed by atoms with Crippen LogP contribution in [0.5, 0.6) is 0 Å². The Hall–Kier alpha value is -2.05. The van der Waals surface area contributed by atoms with Crippen LogP contribution >= 0.6 is 27.5 Å². The van der Waals surface area contributed by atoms with Crippen LogP contribution in [-0.4, -0.2) is 27.0 Å². The zero-order valence-corrected chi connectivity index (χ0v) is 12.8. The van der Waals surface area contributed by atoms with E-state index in [9.17, 15) is 9.59 Å². The SMILES string of the molecule is O=CC(=O)c1[nH]c2cc(Br)c(Cl)cc2c1-c1ncccn1. The largest absolute Gasteiger partial charge is 0.351 e. The van der Waals surface area contributed by atoms with Gasteiger partial charge in [0.2, 0.25) is 5.78 Å². The number of carbonyl (C=O) groups excluding carboxylic acids is 2. The van der Waals surface area contributed by atoms with Crippen LogP contribution in [0, 0.1) is 0 Å². The number of carbonyl (C=O) groups is 2. The number of rotatable bonds is 3. The fourth-order valence-electron chi connectivity index (χ4n) is 2.09. The second-order valence-corrected chi connectivity index (χ2v) is 5.50. The molecule has 0 aliphatic heterocycles. The van der Waals surface area contributed by atoms with Gasteiger partial charge in [0.1, 0.15) is 5.69 Å². The Kier molecular flexibility index (Phi) is 3.57. The van der Waals surface area contributed by atoms with Crippen molar-refractivity contribution in [2.75, 3.05) is 0 Å². The second kappa shape index (κ2) is 5.38.